The molecule has 3 nitrogen and oxygen atoms in total. The number of hydrogen-bond donors (Lipinski definition) is 2. The number of nitrogens with one attached hydrogen (secondary N) is 1. The highest BCUT2D eigenvalue weighted by Crippen LogP contribution is 2.28. The van der Waals surface area contributed by atoms with Gasteiger partial charge < -0.3 is 10.5 Å². The van der Waals surface area contributed by atoms with Gasteiger partial charge >= 0.3 is 0 Å². The summed E-state index contributed by atoms with van der Waals surface area (Å²) in [5.41, 5.74) is 7.30. The average Bonchev–Trinajstić information content (AvgIpc) is 2.39. The van der Waals surface area contributed by atoms with Crippen LogP contribution >= 0.6 is 11.6 Å². The van der Waals surface area contributed by atoms with E-state index in [0.717, 1.165) is 6.42 Å². The first-order valence-electron chi connectivity index (χ1n) is 6.01. The van der Waals surface area contributed by atoms with Crippen molar-refractivity contribution in [2.24, 2.45) is 5.73 Å². The second kappa shape index (κ2) is 5.76. The second-order valence-electron chi connectivity index (χ2n) is 4.15. The Hall–Kier alpha value is -2.00. The van der Waals surface area contributed by atoms with Crippen LogP contribution < -0.4 is 10.5 Å². The van der Waals surface area contributed by atoms with Crippen LogP contribution in [-0.4, -0.2) is 5.84 Å². The van der Waals surface area contributed by atoms with Crippen LogP contribution in [0.4, 0.5) is 0 Å². The Morgan fingerprint density at radius 2 is 1.89 bits per heavy atom. The topological polar surface area (TPSA) is 59.1 Å². The summed E-state index contributed by atoms with van der Waals surface area (Å²) in [5.74, 6) is 1.14. The van der Waals surface area contributed by atoms with E-state index < -0.39 is 0 Å². The van der Waals surface area contributed by atoms with Crippen LogP contribution in [0.5, 0.6) is 11.5 Å². The van der Waals surface area contributed by atoms with E-state index in [2.05, 4.69) is 6.92 Å². The Balaban J connectivity index is 2.31. The van der Waals surface area contributed by atoms with Gasteiger partial charge in [-0.15, -0.1) is 0 Å². The maximum absolute atomic E-state index is 7.53. The van der Waals surface area contributed by atoms with Crippen LogP contribution in [0.2, 0.25) is 5.02 Å². The molecule has 3 N–H and O–H groups in total. The van der Waals surface area contributed by atoms with Gasteiger partial charge in [0.25, 0.3) is 0 Å². The minimum absolute atomic E-state index is 0.0446. The maximum atomic E-state index is 7.53. The predicted octanol–water partition coefficient (Wildman–Crippen LogP) is 3.98. The monoisotopic (exact) mass is 274 g/mol. The fourth-order valence-corrected chi connectivity index (χ4v) is 1.89. The Bertz CT molecular complexity index is 594. The molecule has 0 atom stereocenters. The van der Waals surface area contributed by atoms with Gasteiger partial charge in [-0.2, -0.15) is 0 Å². The Kier molecular flexibility index (Phi) is 4.07. The van der Waals surface area contributed by atoms with E-state index in [1.54, 1.807) is 18.2 Å². The molecular weight excluding hydrogens is 260 g/mol. The van der Waals surface area contributed by atoms with Crippen molar-refractivity contribution in [3.8, 4) is 11.5 Å². The van der Waals surface area contributed by atoms with E-state index >= 15 is 0 Å². The van der Waals surface area contributed by atoms with Gasteiger partial charge in [-0.1, -0.05) is 30.7 Å². The molecule has 0 heterocycles. The molecule has 2 aromatic rings. The summed E-state index contributed by atoms with van der Waals surface area (Å²) in [4.78, 5) is 0. The van der Waals surface area contributed by atoms with E-state index in [-0.39, 0.29) is 5.84 Å². The van der Waals surface area contributed by atoms with E-state index in [4.69, 9.17) is 27.5 Å². The van der Waals surface area contributed by atoms with Crippen LogP contribution in [0.1, 0.15) is 18.1 Å². The van der Waals surface area contributed by atoms with Crippen LogP contribution in [0, 0.1) is 5.41 Å². The number of rotatable bonds is 4. The molecule has 0 bridgehead atoms. The summed E-state index contributed by atoms with van der Waals surface area (Å²) in [6.45, 7) is 2.10. The second-order valence-corrected chi connectivity index (χ2v) is 4.59. The molecule has 0 unspecified atom stereocenters. The van der Waals surface area contributed by atoms with Gasteiger partial charge in [-0.3, -0.25) is 5.41 Å². The number of halogens is 1. The third-order valence-electron chi connectivity index (χ3n) is 2.79. The number of aryl methyl sites for hydroxylation is 1. The summed E-state index contributed by atoms with van der Waals surface area (Å²) in [6, 6.07) is 12.8. The molecule has 2 rings (SSSR count). The Morgan fingerprint density at radius 1 is 1.21 bits per heavy atom. The lowest BCUT2D eigenvalue weighted by Gasteiger charge is -2.11. The molecule has 0 spiro atoms. The molecule has 0 radical (unpaired) electrons. The third kappa shape index (κ3) is 3.26. The molecular formula is C15H15ClN2O. The molecule has 0 fully saturated rings. The standard InChI is InChI=1S/C15H15ClN2O/c1-2-10-3-6-12(7-4-10)19-14-9-11(16)5-8-13(14)15(17)18/h3-9H,2H2,1H3,(H3,17,18). The largest absolute Gasteiger partial charge is 0.457 e. The lowest BCUT2D eigenvalue weighted by molar-refractivity contribution is 0.481. The molecule has 0 saturated carbocycles. The van der Waals surface area contributed by atoms with E-state index in [1.165, 1.54) is 5.56 Å². The van der Waals surface area contributed by atoms with Crippen molar-refractivity contribution < 1.29 is 4.74 Å². The van der Waals surface area contributed by atoms with Crippen molar-refractivity contribution in [3.63, 3.8) is 0 Å². The first kappa shape index (κ1) is 13.4. The van der Waals surface area contributed by atoms with Gasteiger partial charge in [0.15, 0.2) is 0 Å². The first-order valence-corrected chi connectivity index (χ1v) is 6.38. The van der Waals surface area contributed by atoms with Gasteiger partial charge in [-0.05, 0) is 36.2 Å². The Morgan fingerprint density at radius 3 is 2.47 bits per heavy atom. The highest BCUT2D eigenvalue weighted by Gasteiger charge is 2.08. The maximum Gasteiger partial charge on any atom is 0.139 e. The number of amidine groups is 1. The molecule has 19 heavy (non-hydrogen) atoms. The van der Waals surface area contributed by atoms with Gasteiger partial charge in [0.05, 0.1) is 5.56 Å². The number of nitrogen functional groups attached to an aromatic ring is 1. The van der Waals surface area contributed by atoms with Crippen molar-refractivity contribution in [1.29, 1.82) is 5.41 Å². The fraction of sp³-hybridized carbons (Fsp3) is 0.133. The van der Waals surface area contributed by atoms with E-state index in [0.29, 0.717) is 22.1 Å². The normalized spacial score (nSPS) is 10.2. The first-order chi connectivity index (χ1) is 9.10. The number of nitrogens with two attached hydrogens (primary N) is 1. The zero-order chi connectivity index (χ0) is 13.8. The van der Waals surface area contributed by atoms with Crippen molar-refractivity contribution in [3.05, 3.63) is 58.6 Å². The molecule has 4 heteroatoms. The van der Waals surface area contributed by atoms with Crippen molar-refractivity contribution in [2.45, 2.75) is 13.3 Å². The van der Waals surface area contributed by atoms with Crippen LogP contribution in [-0.2, 0) is 6.42 Å². The predicted molar refractivity (Wildman–Crippen MR) is 78.4 cm³/mol. The van der Waals surface area contributed by atoms with Gasteiger partial charge in [-0.25, -0.2) is 0 Å². The average molecular weight is 275 g/mol. The summed E-state index contributed by atoms with van der Waals surface area (Å²) < 4.78 is 5.75. The molecule has 0 aliphatic rings. The summed E-state index contributed by atoms with van der Waals surface area (Å²) >= 11 is 5.94. The summed E-state index contributed by atoms with van der Waals surface area (Å²) in [6.07, 6.45) is 0.982. The van der Waals surface area contributed by atoms with Crippen LogP contribution in [0.15, 0.2) is 42.5 Å². The van der Waals surface area contributed by atoms with Crippen molar-refractivity contribution in [1.82, 2.24) is 0 Å². The zero-order valence-corrected chi connectivity index (χ0v) is 11.4. The lowest BCUT2D eigenvalue weighted by atomic mass is 10.1. The van der Waals surface area contributed by atoms with Gasteiger partial charge in [0.2, 0.25) is 0 Å². The quantitative estimate of drug-likeness (QED) is 0.654. The third-order valence-corrected chi connectivity index (χ3v) is 3.03. The highest BCUT2D eigenvalue weighted by atomic mass is 35.5. The van der Waals surface area contributed by atoms with Crippen molar-refractivity contribution in [2.75, 3.05) is 0 Å². The molecule has 0 amide bonds. The Labute approximate surface area is 117 Å². The molecule has 98 valence electrons. The van der Waals surface area contributed by atoms with Crippen LogP contribution in [0.25, 0.3) is 0 Å². The zero-order valence-electron chi connectivity index (χ0n) is 10.6. The van der Waals surface area contributed by atoms with Crippen LogP contribution in [0.3, 0.4) is 0 Å². The minimum atomic E-state index is -0.0446. The van der Waals surface area contributed by atoms with Gasteiger partial charge in [0, 0.05) is 11.1 Å². The SMILES string of the molecule is CCc1ccc(Oc2cc(Cl)ccc2C(=N)N)cc1. The van der Waals surface area contributed by atoms with Gasteiger partial charge in [0.1, 0.15) is 17.3 Å². The summed E-state index contributed by atoms with van der Waals surface area (Å²) in [5, 5.41) is 8.08. The molecule has 0 aromatic heterocycles. The van der Waals surface area contributed by atoms with E-state index in [9.17, 15) is 0 Å². The molecule has 0 aliphatic carbocycles. The lowest BCUT2D eigenvalue weighted by Crippen LogP contribution is -2.12. The molecule has 0 aliphatic heterocycles. The molecule has 0 saturated heterocycles. The fourth-order valence-electron chi connectivity index (χ4n) is 1.72. The minimum Gasteiger partial charge on any atom is -0.457 e. The number of benzene rings is 2. The smallest absolute Gasteiger partial charge is 0.139 e. The number of hydrogen-bond acceptors (Lipinski definition) is 2. The van der Waals surface area contributed by atoms with Crippen molar-refractivity contribution >= 4 is 17.4 Å². The number of ether oxygens (including phenoxy) is 1. The summed E-state index contributed by atoms with van der Waals surface area (Å²) in [7, 11) is 0. The van der Waals surface area contributed by atoms with E-state index in [1.807, 2.05) is 24.3 Å². The molecule has 2 aromatic carbocycles. The highest BCUT2D eigenvalue weighted by molar-refractivity contribution is 6.30.